The Balaban J connectivity index is 3.42. The maximum Gasteiger partial charge on any atom is 0.292 e. The highest BCUT2D eigenvalue weighted by atomic mass is 79.9. The minimum atomic E-state index is -2.91. The highest BCUT2D eigenvalue weighted by Gasteiger charge is 2.26. The van der Waals surface area contributed by atoms with Crippen LogP contribution < -0.4 is 0 Å². The van der Waals surface area contributed by atoms with E-state index in [1.54, 1.807) is 0 Å². The molecule has 1 N–H and O–H groups in total. The highest BCUT2D eigenvalue weighted by molar-refractivity contribution is 9.10. The van der Waals surface area contributed by atoms with Gasteiger partial charge in [0.05, 0.1) is 17.1 Å². The first-order chi connectivity index (χ1) is 6.99. The maximum absolute atomic E-state index is 12.3. The SMILES string of the molecule is O=[N+]([O-])c1c(CO)cnc(C(F)F)c1Br. The van der Waals surface area contributed by atoms with Gasteiger partial charge >= 0.3 is 0 Å². The van der Waals surface area contributed by atoms with Gasteiger partial charge in [-0.1, -0.05) is 0 Å². The van der Waals surface area contributed by atoms with Crippen molar-refractivity contribution in [1.82, 2.24) is 4.98 Å². The highest BCUT2D eigenvalue weighted by Crippen LogP contribution is 2.35. The summed E-state index contributed by atoms with van der Waals surface area (Å²) in [5.41, 5.74) is -1.40. The molecule has 5 nitrogen and oxygen atoms in total. The summed E-state index contributed by atoms with van der Waals surface area (Å²) >= 11 is 2.68. The van der Waals surface area contributed by atoms with E-state index in [0.29, 0.717) is 0 Å². The maximum atomic E-state index is 12.3. The second kappa shape index (κ2) is 4.58. The molecular weight excluding hydrogens is 278 g/mol. The predicted octanol–water partition coefficient (Wildman–Crippen LogP) is 2.18. The third-order valence-electron chi connectivity index (χ3n) is 1.66. The van der Waals surface area contributed by atoms with Crippen molar-refractivity contribution in [3.8, 4) is 0 Å². The van der Waals surface area contributed by atoms with E-state index in [0.717, 1.165) is 6.20 Å². The number of aliphatic hydroxyl groups is 1. The number of halogens is 3. The topological polar surface area (TPSA) is 76.3 Å². The van der Waals surface area contributed by atoms with Crippen LogP contribution in [0.1, 0.15) is 17.7 Å². The molecule has 0 saturated carbocycles. The molecule has 15 heavy (non-hydrogen) atoms. The summed E-state index contributed by atoms with van der Waals surface area (Å²) in [4.78, 5) is 13.1. The van der Waals surface area contributed by atoms with Crippen molar-refractivity contribution >= 4 is 21.6 Å². The van der Waals surface area contributed by atoms with Gasteiger partial charge in [-0.05, 0) is 15.9 Å². The number of nitrogens with zero attached hydrogens (tertiary/aromatic N) is 2. The van der Waals surface area contributed by atoms with Gasteiger partial charge in [0.25, 0.3) is 12.1 Å². The first-order valence-corrected chi connectivity index (χ1v) is 4.49. The van der Waals surface area contributed by atoms with Crippen LogP contribution >= 0.6 is 15.9 Å². The van der Waals surface area contributed by atoms with Crippen molar-refractivity contribution in [3.05, 3.63) is 32.0 Å². The number of hydrogen-bond acceptors (Lipinski definition) is 4. The molecule has 0 atom stereocenters. The molecule has 0 radical (unpaired) electrons. The zero-order chi connectivity index (χ0) is 11.6. The second-order valence-electron chi connectivity index (χ2n) is 2.55. The van der Waals surface area contributed by atoms with E-state index >= 15 is 0 Å². The Hall–Kier alpha value is -1.15. The standard InChI is InChI=1S/C7H5BrF2N2O3/c8-4-5(7(9)10)11-1-3(2-13)6(4)12(14)15/h1,7,13H,2H2. The van der Waals surface area contributed by atoms with E-state index in [4.69, 9.17) is 5.11 Å². The molecule has 1 aromatic rings. The zero-order valence-electron chi connectivity index (χ0n) is 7.15. The predicted molar refractivity (Wildman–Crippen MR) is 49.5 cm³/mol. The van der Waals surface area contributed by atoms with Crippen molar-refractivity contribution < 1.29 is 18.8 Å². The van der Waals surface area contributed by atoms with Crippen molar-refractivity contribution in [2.75, 3.05) is 0 Å². The van der Waals surface area contributed by atoms with Gasteiger partial charge in [-0.15, -0.1) is 0 Å². The Labute approximate surface area is 91.0 Å². The summed E-state index contributed by atoms with van der Waals surface area (Å²) in [5, 5.41) is 19.3. The summed E-state index contributed by atoms with van der Waals surface area (Å²) in [6.45, 7) is -0.634. The second-order valence-corrected chi connectivity index (χ2v) is 3.34. The Morgan fingerprint density at radius 2 is 2.27 bits per heavy atom. The monoisotopic (exact) mass is 282 g/mol. The molecule has 0 aromatic carbocycles. The summed E-state index contributed by atoms with van der Waals surface area (Å²) in [6, 6.07) is 0. The van der Waals surface area contributed by atoms with E-state index < -0.39 is 33.8 Å². The van der Waals surface area contributed by atoms with Gasteiger partial charge in [-0.25, -0.2) is 8.78 Å². The number of aromatic nitrogens is 1. The molecule has 0 bridgehead atoms. The van der Waals surface area contributed by atoms with Gasteiger partial charge in [0.1, 0.15) is 10.2 Å². The molecule has 0 fully saturated rings. The fourth-order valence-corrected chi connectivity index (χ4v) is 1.67. The van der Waals surface area contributed by atoms with Crippen LogP contribution in [0.5, 0.6) is 0 Å². The molecule has 0 spiro atoms. The Bertz CT molecular complexity index is 400. The minimum Gasteiger partial charge on any atom is -0.391 e. The molecule has 0 amide bonds. The van der Waals surface area contributed by atoms with Crippen LogP contribution in [0.2, 0.25) is 0 Å². The molecule has 8 heteroatoms. The molecule has 0 saturated heterocycles. The lowest BCUT2D eigenvalue weighted by molar-refractivity contribution is -0.386. The number of alkyl halides is 2. The van der Waals surface area contributed by atoms with E-state index in [-0.39, 0.29) is 5.56 Å². The fraction of sp³-hybridized carbons (Fsp3) is 0.286. The molecule has 0 unspecified atom stereocenters. The number of nitro groups is 1. The van der Waals surface area contributed by atoms with Gasteiger partial charge in [0, 0.05) is 6.20 Å². The minimum absolute atomic E-state index is 0.115. The van der Waals surface area contributed by atoms with Crippen molar-refractivity contribution in [1.29, 1.82) is 0 Å². The summed E-state index contributed by atoms with van der Waals surface area (Å²) in [6.07, 6.45) is -2.05. The smallest absolute Gasteiger partial charge is 0.292 e. The summed E-state index contributed by atoms with van der Waals surface area (Å²) < 4.78 is 24.3. The number of pyridine rings is 1. The molecule has 0 aliphatic rings. The first-order valence-electron chi connectivity index (χ1n) is 3.69. The average Bonchev–Trinajstić information content (AvgIpc) is 2.15. The van der Waals surface area contributed by atoms with Gasteiger partial charge in [-0.2, -0.15) is 0 Å². The lowest BCUT2D eigenvalue weighted by Gasteiger charge is -2.05. The van der Waals surface area contributed by atoms with E-state index in [1.807, 2.05) is 0 Å². The summed E-state index contributed by atoms with van der Waals surface area (Å²) in [5.74, 6) is 0. The number of aliphatic hydroxyl groups excluding tert-OH is 1. The Morgan fingerprint density at radius 3 is 2.67 bits per heavy atom. The van der Waals surface area contributed by atoms with E-state index in [1.165, 1.54) is 0 Å². The summed E-state index contributed by atoms with van der Waals surface area (Å²) in [7, 11) is 0. The molecule has 1 rings (SSSR count). The van der Waals surface area contributed by atoms with Crippen molar-refractivity contribution in [2.24, 2.45) is 0 Å². The largest absolute Gasteiger partial charge is 0.391 e. The lowest BCUT2D eigenvalue weighted by Crippen LogP contribution is -2.02. The fourth-order valence-electron chi connectivity index (χ4n) is 0.993. The average molecular weight is 283 g/mol. The molecule has 0 aliphatic carbocycles. The lowest BCUT2D eigenvalue weighted by atomic mass is 10.2. The molecular formula is C7H5BrF2N2O3. The number of rotatable bonds is 3. The third-order valence-corrected chi connectivity index (χ3v) is 2.44. The van der Waals surface area contributed by atoms with Crippen LogP contribution in [0.25, 0.3) is 0 Å². The van der Waals surface area contributed by atoms with Gasteiger partial charge < -0.3 is 5.11 Å². The zero-order valence-corrected chi connectivity index (χ0v) is 8.74. The van der Waals surface area contributed by atoms with Gasteiger partial charge in [0.15, 0.2) is 0 Å². The van der Waals surface area contributed by atoms with E-state index in [9.17, 15) is 18.9 Å². The van der Waals surface area contributed by atoms with Crippen LogP contribution in [0.4, 0.5) is 14.5 Å². The van der Waals surface area contributed by atoms with Crippen molar-refractivity contribution in [2.45, 2.75) is 13.0 Å². The van der Waals surface area contributed by atoms with E-state index in [2.05, 4.69) is 20.9 Å². The van der Waals surface area contributed by atoms with Crippen LogP contribution in [0, 0.1) is 10.1 Å². The number of hydrogen-bond donors (Lipinski definition) is 1. The third kappa shape index (κ3) is 2.26. The van der Waals surface area contributed by atoms with Crippen LogP contribution in [-0.4, -0.2) is 15.0 Å². The van der Waals surface area contributed by atoms with Crippen LogP contribution in [0.3, 0.4) is 0 Å². The molecule has 82 valence electrons. The molecule has 0 aliphatic heterocycles. The normalized spacial score (nSPS) is 10.7. The first kappa shape index (κ1) is 11.9. The van der Waals surface area contributed by atoms with Crippen molar-refractivity contribution in [3.63, 3.8) is 0 Å². The molecule has 1 heterocycles. The van der Waals surface area contributed by atoms with Crippen LogP contribution in [-0.2, 0) is 6.61 Å². The van der Waals surface area contributed by atoms with Gasteiger partial charge in [0.2, 0.25) is 0 Å². The van der Waals surface area contributed by atoms with Crippen LogP contribution in [0.15, 0.2) is 10.7 Å². The molecule has 1 aromatic heterocycles. The Morgan fingerprint density at radius 1 is 1.67 bits per heavy atom. The quantitative estimate of drug-likeness (QED) is 0.681. The Kier molecular flexibility index (Phi) is 3.64. The van der Waals surface area contributed by atoms with Gasteiger partial charge in [-0.3, -0.25) is 15.1 Å².